The summed E-state index contributed by atoms with van der Waals surface area (Å²) in [5.74, 6) is 1.06. The van der Waals surface area contributed by atoms with Gasteiger partial charge in [0, 0.05) is 5.75 Å². The molecule has 0 bridgehead atoms. The smallest absolute Gasteiger partial charge is 0.161 e. The minimum absolute atomic E-state index is 0.741. The van der Waals surface area contributed by atoms with Crippen molar-refractivity contribution in [2.24, 2.45) is 4.99 Å². The van der Waals surface area contributed by atoms with Gasteiger partial charge in [0.25, 0.3) is 0 Å². The highest BCUT2D eigenvalue weighted by Gasteiger charge is 2.08. The lowest BCUT2D eigenvalue weighted by Gasteiger charge is -2.07. The summed E-state index contributed by atoms with van der Waals surface area (Å²) < 4.78 is 0. The average Bonchev–Trinajstić information content (AvgIpc) is 2.64. The van der Waals surface area contributed by atoms with Crippen molar-refractivity contribution < 1.29 is 0 Å². The van der Waals surface area contributed by atoms with Crippen LogP contribution in [0.4, 0.5) is 5.69 Å². The molecule has 1 aliphatic rings. The second kappa shape index (κ2) is 4.24. The number of aryl methyl sites for hydroxylation is 1. The lowest BCUT2D eigenvalue weighted by atomic mass is 10.2. The van der Waals surface area contributed by atoms with Crippen LogP contribution in [-0.2, 0) is 0 Å². The third-order valence-corrected chi connectivity index (χ3v) is 3.17. The molecule has 0 saturated carbocycles. The first kappa shape index (κ1) is 9.87. The Hall–Kier alpha value is -0.670. The lowest BCUT2D eigenvalue weighted by molar-refractivity contribution is 1.17. The number of nitrogens with one attached hydrogen (secondary N) is 1. The summed E-state index contributed by atoms with van der Waals surface area (Å²) in [6, 6.07) is 5.93. The molecule has 0 aromatic heterocycles. The quantitative estimate of drug-likeness (QED) is 0.796. The summed E-state index contributed by atoms with van der Waals surface area (Å²) >= 11 is 7.78. The van der Waals surface area contributed by atoms with Crippen LogP contribution in [0, 0.1) is 6.92 Å². The zero-order valence-electron chi connectivity index (χ0n) is 7.88. The van der Waals surface area contributed by atoms with Crippen molar-refractivity contribution in [2.75, 3.05) is 17.6 Å². The van der Waals surface area contributed by atoms with Gasteiger partial charge in [-0.3, -0.25) is 4.99 Å². The Balaban J connectivity index is 2.19. The fourth-order valence-corrected chi connectivity index (χ4v) is 2.17. The first-order chi connectivity index (χ1) is 6.75. The normalized spacial score (nSPS) is 15.4. The van der Waals surface area contributed by atoms with Crippen molar-refractivity contribution in [1.82, 2.24) is 0 Å². The van der Waals surface area contributed by atoms with Crippen LogP contribution in [0.3, 0.4) is 0 Å². The van der Waals surface area contributed by atoms with E-state index in [2.05, 4.69) is 10.3 Å². The first-order valence-corrected chi connectivity index (χ1v) is 5.82. The molecule has 1 N–H and O–H groups in total. The molecule has 0 spiro atoms. The van der Waals surface area contributed by atoms with E-state index in [0.717, 1.165) is 28.2 Å². The van der Waals surface area contributed by atoms with Crippen LogP contribution in [0.15, 0.2) is 23.2 Å². The molecule has 2 rings (SSSR count). The van der Waals surface area contributed by atoms with E-state index in [0.29, 0.717) is 0 Å². The molecule has 0 aliphatic carbocycles. The van der Waals surface area contributed by atoms with E-state index in [-0.39, 0.29) is 0 Å². The van der Waals surface area contributed by atoms with Crippen molar-refractivity contribution in [3.8, 4) is 0 Å². The maximum absolute atomic E-state index is 6.05. The number of hydrogen-bond acceptors (Lipinski definition) is 3. The molecule has 0 atom stereocenters. The Morgan fingerprint density at radius 1 is 1.50 bits per heavy atom. The van der Waals surface area contributed by atoms with Crippen molar-refractivity contribution in [2.45, 2.75) is 6.92 Å². The topological polar surface area (TPSA) is 24.4 Å². The summed E-state index contributed by atoms with van der Waals surface area (Å²) in [6.07, 6.45) is 0. The lowest BCUT2D eigenvalue weighted by Crippen LogP contribution is -2.05. The fraction of sp³-hybridized carbons (Fsp3) is 0.300. The highest BCUT2D eigenvalue weighted by molar-refractivity contribution is 8.14. The number of anilines is 1. The first-order valence-electron chi connectivity index (χ1n) is 4.46. The van der Waals surface area contributed by atoms with Gasteiger partial charge in [0.05, 0.1) is 17.3 Å². The number of benzene rings is 1. The molecule has 1 aromatic carbocycles. The van der Waals surface area contributed by atoms with Gasteiger partial charge in [-0.15, -0.1) is 0 Å². The van der Waals surface area contributed by atoms with Gasteiger partial charge in [-0.25, -0.2) is 0 Å². The maximum Gasteiger partial charge on any atom is 0.161 e. The van der Waals surface area contributed by atoms with E-state index in [1.54, 1.807) is 11.8 Å². The van der Waals surface area contributed by atoms with Crippen molar-refractivity contribution in [3.05, 3.63) is 28.8 Å². The van der Waals surface area contributed by atoms with Gasteiger partial charge in [0.1, 0.15) is 0 Å². The van der Waals surface area contributed by atoms with Gasteiger partial charge in [-0.05, 0) is 24.6 Å². The molecule has 74 valence electrons. The third kappa shape index (κ3) is 2.22. The fourth-order valence-electron chi connectivity index (χ4n) is 1.26. The molecule has 0 fully saturated rings. The zero-order valence-corrected chi connectivity index (χ0v) is 9.45. The Kier molecular flexibility index (Phi) is 2.99. The molecule has 0 radical (unpaired) electrons. The van der Waals surface area contributed by atoms with E-state index in [4.69, 9.17) is 11.6 Å². The largest absolute Gasteiger partial charge is 0.334 e. The number of halogens is 1. The van der Waals surface area contributed by atoms with Crippen molar-refractivity contribution in [1.29, 1.82) is 0 Å². The maximum atomic E-state index is 6.05. The number of aliphatic imine (C=N–C) groups is 1. The second-order valence-electron chi connectivity index (χ2n) is 3.14. The molecule has 1 aromatic rings. The predicted molar refractivity (Wildman–Crippen MR) is 64.6 cm³/mol. The standard InChI is InChI=1S/C10H11ClN2S/c1-7-2-3-8(11)9(6-7)13-10-12-4-5-14-10/h2-3,6H,4-5H2,1H3,(H,12,13). The molecule has 14 heavy (non-hydrogen) atoms. The van der Waals surface area contributed by atoms with Gasteiger partial charge in [-0.1, -0.05) is 29.4 Å². The van der Waals surface area contributed by atoms with Crippen LogP contribution in [0.25, 0.3) is 0 Å². The Labute approximate surface area is 92.8 Å². The Morgan fingerprint density at radius 2 is 2.36 bits per heavy atom. The molecular formula is C10H11ClN2S. The van der Waals surface area contributed by atoms with Gasteiger partial charge in [0.15, 0.2) is 5.17 Å². The summed E-state index contributed by atoms with van der Waals surface area (Å²) in [5.41, 5.74) is 2.14. The Bertz CT molecular complexity index is 376. The molecule has 0 saturated heterocycles. The molecule has 0 amide bonds. The Morgan fingerprint density at radius 3 is 3.07 bits per heavy atom. The molecule has 0 unspecified atom stereocenters. The summed E-state index contributed by atoms with van der Waals surface area (Å²) in [5, 5.41) is 4.94. The van der Waals surface area contributed by atoms with Crippen LogP contribution in [0.1, 0.15) is 5.56 Å². The molecule has 1 aliphatic heterocycles. The van der Waals surface area contributed by atoms with Gasteiger partial charge < -0.3 is 5.32 Å². The highest BCUT2D eigenvalue weighted by Crippen LogP contribution is 2.25. The van der Waals surface area contributed by atoms with Crippen LogP contribution in [-0.4, -0.2) is 17.5 Å². The number of hydrogen-bond donors (Lipinski definition) is 1. The van der Waals surface area contributed by atoms with Crippen molar-refractivity contribution >= 4 is 34.2 Å². The predicted octanol–water partition coefficient (Wildman–Crippen LogP) is 3.16. The highest BCUT2D eigenvalue weighted by atomic mass is 35.5. The molecule has 4 heteroatoms. The minimum Gasteiger partial charge on any atom is -0.334 e. The van der Waals surface area contributed by atoms with Gasteiger partial charge in [-0.2, -0.15) is 0 Å². The van der Waals surface area contributed by atoms with E-state index >= 15 is 0 Å². The SMILES string of the molecule is Cc1ccc(Cl)c(NC2=NCCS2)c1. The molecular weight excluding hydrogens is 216 g/mol. The van der Waals surface area contributed by atoms with E-state index < -0.39 is 0 Å². The van der Waals surface area contributed by atoms with Gasteiger partial charge >= 0.3 is 0 Å². The number of thioether (sulfide) groups is 1. The van der Waals surface area contributed by atoms with E-state index in [9.17, 15) is 0 Å². The number of amidine groups is 1. The van der Waals surface area contributed by atoms with E-state index in [1.165, 1.54) is 5.56 Å². The zero-order chi connectivity index (χ0) is 9.97. The van der Waals surface area contributed by atoms with E-state index in [1.807, 2.05) is 25.1 Å². The third-order valence-electron chi connectivity index (χ3n) is 1.95. The summed E-state index contributed by atoms with van der Waals surface area (Å²) in [6.45, 7) is 2.95. The molecule has 2 nitrogen and oxygen atoms in total. The summed E-state index contributed by atoms with van der Waals surface area (Å²) in [7, 11) is 0. The van der Waals surface area contributed by atoms with Crippen LogP contribution in [0.5, 0.6) is 0 Å². The van der Waals surface area contributed by atoms with Crippen LogP contribution in [0.2, 0.25) is 5.02 Å². The minimum atomic E-state index is 0.741. The second-order valence-corrected chi connectivity index (χ2v) is 4.63. The summed E-state index contributed by atoms with van der Waals surface area (Å²) in [4.78, 5) is 4.31. The monoisotopic (exact) mass is 226 g/mol. The average molecular weight is 227 g/mol. The molecule has 1 heterocycles. The van der Waals surface area contributed by atoms with Crippen LogP contribution < -0.4 is 5.32 Å². The van der Waals surface area contributed by atoms with Crippen LogP contribution >= 0.6 is 23.4 Å². The van der Waals surface area contributed by atoms with Crippen molar-refractivity contribution in [3.63, 3.8) is 0 Å². The van der Waals surface area contributed by atoms with Gasteiger partial charge in [0.2, 0.25) is 0 Å². The number of nitrogens with zero attached hydrogens (tertiary/aromatic N) is 1. The number of rotatable bonds is 1.